The molecule has 9 rings (SSSR count). The summed E-state index contributed by atoms with van der Waals surface area (Å²) < 4.78 is 14.6. The van der Waals surface area contributed by atoms with E-state index in [1.807, 2.05) is 66.7 Å². The van der Waals surface area contributed by atoms with Crippen molar-refractivity contribution in [3.63, 3.8) is 0 Å². The summed E-state index contributed by atoms with van der Waals surface area (Å²) in [6, 6.07) is 65.1. The molecule has 0 spiro atoms. The quantitative estimate of drug-likeness (QED) is 0.158. The zero-order valence-corrected chi connectivity index (χ0v) is 28.2. The average Bonchev–Trinajstić information content (AvgIpc) is 3.21. The first-order valence-electron chi connectivity index (χ1n) is 17.3. The number of benzene rings is 8. The molecule has 0 amide bonds. The topological polar surface area (TPSA) is 29.0 Å². The molecule has 4 heteroatoms. The third-order valence-electron chi connectivity index (χ3n) is 9.48. The van der Waals surface area contributed by atoms with E-state index >= 15 is 0 Å². The molecule has 0 saturated heterocycles. The molecule has 3 nitrogen and oxygen atoms in total. The van der Waals surface area contributed by atoms with Crippen LogP contribution >= 0.6 is 0 Å². The van der Waals surface area contributed by atoms with E-state index in [1.54, 1.807) is 12.1 Å². The molecule has 1 aromatic heterocycles. The van der Waals surface area contributed by atoms with Crippen molar-refractivity contribution < 1.29 is 4.39 Å². The lowest BCUT2D eigenvalue weighted by Gasteiger charge is -2.26. The Morgan fingerprint density at radius 2 is 0.904 bits per heavy atom. The molecule has 0 radical (unpaired) electrons. The predicted octanol–water partition coefficient (Wildman–Crippen LogP) is 13.1. The van der Waals surface area contributed by atoms with Crippen LogP contribution < -0.4 is 4.90 Å². The normalized spacial score (nSPS) is 11.2. The Hall–Kier alpha value is -6.91. The maximum atomic E-state index is 14.6. The van der Waals surface area contributed by atoms with Crippen LogP contribution in [0.1, 0.15) is 0 Å². The first-order chi connectivity index (χ1) is 25.7. The zero-order chi connectivity index (χ0) is 34.9. The highest BCUT2D eigenvalue weighted by Crippen LogP contribution is 2.39. The van der Waals surface area contributed by atoms with Gasteiger partial charge in [0.1, 0.15) is 5.82 Å². The van der Waals surface area contributed by atoms with Gasteiger partial charge < -0.3 is 4.90 Å². The summed E-state index contributed by atoms with van der Waals surface area (Å²) >= 11 is 0. The molecule has 0 atom stereocenters. The van der Waals surface area contributed by atoms with Crippen LogP contribution in [0.15, 0.2) is 194 Å². The van der Waals surface area contributed by atoms with Gasteiger partial charge in [-0.1, -0.05) is 140 Å². The highest BCUT2D eigenvalue weighted by atomic mass is 19.1. The van der Waals surface area contributed by atoms with Crippen LogP contribution in [0.5, 0.6) is 0 Å². The van der Waals surface area contributed by atoms with Gasteiger partial charge in [0, 0.05) is 33.6 Å². The fraction of sp³-hybridized carbons (Fsp3) is 0. The van der Waals surface area contributed by atoms with Gasteiger partial charge in [-0.05, 0) is 82.2 Å². The maximum Gasteiger partial charge on any atom is 0.125 e. The molecule has 0 fully saturated rings. The molecule has 0 aliphatic rings. The van der Waals surface area contributed by atoms with E-state index in [1.165, 1.54) is 6.07 Å². The van der Waals surface area contributed by atoms with Crippen LogP contribution in [0.4, 0.5) is 21.5 Å². The Morgan fingerprint density at radius 1 is 0.365 bits per heavy atom. The minimum atomic E-state index is -0.279. The summed E-state index contributed by atoms with van der Waals surface area (Å²) in [5.74, 6) is -0.279. The lowest BCUT2D eigenvalue weighted by atomic mass is 9.99. The lowest BCUT2D eigenvalue weighted by Crippen LogP contribution is -2.10. The first-order valence-corrected chi connectivity index (χ1v) is 17.3. The van der Waals surface area contributed by atoms with Gasteiger partial charge in [-0.15, -0.1) is 0 Å². The number of nitrogens with zero attached hydrogens (tertiary/aromatic N) is 3. The molecule has 246 valence electrons. The van der Waals surface area contributed by atoms with Crippen molar-refractivity contribution in [1.29, 1.82) is 0 Å². The van der Waals surface area contributed by atoms with Gasteiger partial charge in [-0.2, -0.15) is 0 Å². The molecular formula is C48H32FN3. The minimum Gasteiger partial charge on any atom is -0.310 e. The molecule has 1 heterocycles. The third-order valence-corrected chi connectivity index (χ3v) is 9.48. The van der Waals surface area contributed by atoms with Crippen molar-refractivity contribution in [1.82, 2.24) is 9.97 Å². The fourth-order valence-electron chi connectivity index (χ4n) is 6.94. The number of halogens is 1. The van der Waals surface area contributed by atoms with E-state index in [-0.39, 0.29) is 5.82 Å². The molecule has 8 aromatic carbocycles. The molecule has 0 saturated carbocycles. The van der Waals surface area contributed by atoms with Crippen molar-refractivity contribution in [2.24, 2.45) is 0 Å². The SMILES string of the molecule is Fc1cccc(N(c2ccc(-c3ccc4c(ccc5nc(-c6ccccc6)c(-c6ccccc6)nc54)c3)cc2)c2cccc(-c3ccccc3)c2)c1. The number of fused-ring (bicyclic) bond motifs is 3. The van der Waals surface area contributed by atoms with Crippen LogP contribution in [0.3, 0.4) is 0 Å². The number of rotatable bonds is 7. The number of hydrogen-bond acceptors (Lipinski definition) is 3. The summed E-state index contributed by atoms with van der Waals surface area (Å²) in [7, 11) is 0. The van der Waals surface area contributed by atoms with Crippen LogP contribution in [0, 0.1) is 5.82 Å². The first kappa shape index (κ1) is 31.1. The van der Waals surface area contributed by atoms with Crippen LogP contribution in [-0.4, -0.2) is 9.97 Å². The second kappa shape index (κ2) is 13.4. The highest BCUT2D eigenvalue weighted by molar-refractivity contribution is 6.06. The second-order valence-corrected chi connectivity index (χ2v) is 12.8. The van der Waals surface area contributed by atoms with E-state index in [9.17, 15) is 4.39 Å². The third kappa shape index (κ3) is 5.97. The summed E-state index contributed by atoms with van der Waals surface area (Å²) in [6.45, 7) is 0. The van der Waals surface area contributed by atoms with Crippen LogP contribution in [-0.2, 0) is 0 Å². The van der Waals surface area contributed by atoms with Crippen molar-refractivity contribution >= 4 is 38.9 Å². The minimum absolute atomic E-state index is 0.279. The molecule has 0 bridgehead atoms. The van der Waals surface area contributed by atoms with Gasteiger partial charge in [0.15, 0.2) is 0 Å². The zero-order valence-electron chi connectivity index (χ0n) is 28.2. The van der Waals surface area contributed by atoms with Crippen LogP contribution in [0.2, 0.25) is 0 Å². The molecule has 0 aliphatic heterocycles. The molecule has 0 aliphatic carbocycles. The summed E-state index contributed by atoms with van der Waals surface area (Å²) in [5.41, 5.74) is 12.6. The standard InChI is InChI=1S/C48H32FN3/c49-40-19-11-21-43(32-40)52(42-20-10-18-37(31-42)33-12-4-1-5-13-33)41-26-22-34(23-27-41)38-24-28-44-39(30-38)25-29-45-48(44)51-47(36-16-8-3-9-17-36)46(50-45)35-14-6-2-7-15-35/h1-32H. The van der Waals surface area contributed by atoms with Crippen molar-refractivity contribution in [2.75, 3.05) is 4.90 Å². The second-order valence-electron chi connectivity index (χ2n) is 12.8. The van der Waals surface area contributed by atoms with E-state index in [0.717, 1.165) is 83.6 Å². The lowest BCUT2D eigenvalue weighted by molar-refractivity contribution is 0.628. The summed E-state index contributed by atoms with van der Waals surface area (Å²) in [6.07, 6.45) is 0. The summed E-state index contributed by atoms with van der Waals surface area (Å²) in [5, 5.41) is 2.15. The van der Waals surface area contributed by atoms with E-state index < -0.39 is 0 Å². The van der Waals surface area contributed by atoms with E-state index in [2.05, 4.69) is 114 Å². The molecule has 0 unspecified atom stereocenters. The highest BCUT2D eigenvalue weighted by Gasteiger charge is 2.17. The monoisotopic (exact) mass is 669 g/mol. The fourth-order valence-corrected chi connectivity index (χ4v) is 6.94. The van der Waals surface area contributed by atoms with Gasteiger partial charge in [0.2, 0.25) is 0 Å². The van der Waals surface area contributed by atoms with Crippen molar-refractivity contribution in [3.8, 4) is 44.8 Å². The Kier molecular flexibility index (Phi) is 8.03. The maximum absolute atomic E-state index is 14.6. The molecule has 52 heavy (non-hydrogen) atoms. The molecule has 9 aromatic rings. The van der Waals surface area contributed by atoms with Gasteiger partial charge in [0.05, 0.1) is 22.4 Å². The Labute approximate surface area is 302 Å². The predicted molar refractivity (Wildman–Crippen MR) is 213 cm³/mol. The van der Waals surface area contributed by atoms with E-state index in [4.69, 9.17) is 9.97 Å². The Bertz CT molecular complexity index is 2680. The molecule has 0 N–H and O–H groups in total. The number of hydrogen-bond donors (Lipinski definition) is 0. The summed E-state index contributed by atoms with van der Waals surface area (Å²) in [4.78, 5) is 12.5. The number of anilines is 3. The number of aromatic nitrogens is 2. The smallest absolute Gasteiger partial charge is 0.125 e. The van der Waals surface area contributed by atoms with E-state index in [0.29, 0.717) is 0 Å². The Balaban J connectivity index is 1.10. The van der Waals surface area contributed by atoms with Crippen molar-refractivity contribution in [3.05, 3.63) is 200 Å². The van der Waals surface area contributed by atoms with Gasteiger partial charge >= 0.3 is 0 Å². The largest absolute Gasteiger partial charge is 0.310 e. The van der Waals surface area contributed by atoms with Crippen molar-refractivity contribution in [2.45, 2.75) is 0 Å². The van der Waals surface area contributed by atoms with Gasteiger partial charge in [0.25, 0.3) is 0 Å². The van der Waals surface area contributed by atoms with Gasteiger partial charge in [-0.3, -0.25) is 0 Å². The molecular weight excluding hydrogens is 638 g/mol. The average molecular weight is 670 g/mol. The Morgan fingerprint density at radius 3 is 1.58 bits per heavy atom. The van der Waals surface area contributed by atoms with Crippen LogP contribution in [0.25, 0.3) is 66.6 Å². The van der Waals surface area contributed by atoms with Gasteiger partial charge in [-0.25, -0.2) is 14.4 Å².